The Bertz CT molecular complexity index is 997. The summed E-state index contributed by atoms with van der Waals surface area (Å²) in [5.41, 5.74) is 3.77. The Labute approximate surface area is 211 Å². The molecule has 0 aliphatic carbocycles. The van der Waals surface area contributed by atoms with Crippen LogP contribution in [-0.2, 0) is 13.1 Å². The van der Waals surface area contributed by atoms with Crippen molar-refractivity contribution in [2.24, 2.45) is 4.99 Å². The molecule has 0 radical (unpaired) electrons. The summed E-state index contributed by atoms with van der Waals surface area (Å²) in [5.74, 6) is 1.67. The number of thioether (sulfide) groups is 1. The van der Waals surface area contributed by atoms with Crippen molar-refractivity contribution in [3.05, 3.63) is 89.5 Å². The molecule has 0 aliphatic rings. The molecule has 7 heteroatoms. The van der Waals surface area contributed by atoms with Crippen molar-refractivity contribution >= 4 is 46.6 Å². The van der Waals surface area contributed by atoms with E-state index < -0.39 is 0 Å². The van der Waals surface area contributed by atoms with Gasteiger partial charge in [-0.15, -0.1) is 24.0 Å². The molecule has 0 saturated heterocycles. The van der Waals surface area contributed by atoms with Crippen molar-refractivity contribution in [3.8, 4) is 17.6 Å². The van der Waals surface area contributed by atoms with Crippen LogP contribution in [0.2, 0.25) is 0 Å². The summed E-state index contributed by atoms with van der Waals surface area (Å²) in [4.78, 5) is 7.10. The van der Waals surface area contributed by atoms with Gasteiger partial charge in [-0.05, 0) is 65.9 Å². The summed E-state index contributed by atoms with van der Waals surface area (Å²) in [6.07, 6.45) is 2.03. The molecule has 3 aromatic carbocycles. The van der Waals surface area contributed by atoms with E-state index in [0.29, 0.717) is 18.7 Å². The van der Waals surface area contributed by atoms with Gasteiger partial charge in [0.2, 0.25) is 0 Å². The molecule has 0 heterocycles. The summed E-state index contributed by atoms with van der Waals surface area (Å²) in [5, 5.41) is 9.93. The molecule has 0 N–H and O–H groups in total. The minimum absolute atomic E-state index is 0. The summed E-state index contributed by atoms with van der Waals surface area (Å²) in [6.45, 7) is 1.40. The minimum Gasteiger partial charge on any atom is -0.497 e. The molecule has 0 saturated carbocycles. The Morgan fingerprint density at radius 3 is 1.69 bits per heavy atom. The Balaban J connectivity index is 0.00000363. The molecule has 32 heavy (non-hydrogen) atoms. The average molecular weight is 559 g/mol. The van der Waals surface area contributed by atoms with Crippen LogP contribution in [0.25, 0.3) is 0 Å². The SMILES string of the molecule is COc1ccc(CN(Cc2ccc(OC)cc2)C(=Nc2ccc(C#N)cc2)SC)cc1.I. The van der Waals surface area contributed by atoms with E-state index in [1.54, 1.807) is 38.1 Å². The lowest BCUT2D eigenvalue weighted by Crippen LogP contribution is -2.27. The lowest BCUT2D eigenvalue weighted by atomic mass is 10.1. The third-order valence-corrected chi connectivity index (χ3v) is 5.45. The van der Waals surface area contributed by atoms with Crippen LogP contribution in [0.3, 0.4) is 0 Å². The normalized spacial score (nSPS) is 10.6. The molecule has 0 spiro atoms. The highest BCUT2D eigenvalue weighted by molar-refractivity contribution is 14.0. The summed E-state index contributed by atoms with van der Waals surface area (Å²) in [6, 6.07) is 25.6. The van der Waals surface area contributed by atoms with Crippen molar-refractivity contribution in [1.29, 1.82) is 5.26 Å². The predicted octanol–water partition coefficient (Wildman–Crippen LogP) is 6.25. The van der Waals surface area contributed by atoms with Crippen LogP contribution in [0.5, 0.6) is 11.5 Å². The van der Waals surface area contributed by atoms with Crippen LogP contribution >= 0.6 is 35.7 Å². The number of nitriles is 1. The Kier molecular flexibility index (Phi) is 10.4. The maximum atomic E-state index is 9.03. The first-order valence-corrected chi connectivity index (χ1v) is 11.0. The Hall–Kier alpha value is -2.70. The van der Waals surface area contributed by atoms with Gasteiger partial charge < -0.3 is 14.4 Å². The topological polar surface area (TPSA) is 57.9 Å². The molecule has 0 aromatic heterocycles. The van der Waals surface area contributed by atoms with Gasteiger partial charge in [0.25, 0.3) is 0 Å². The first-order chi connectivity index (χ1) is 15.1. The van der Waals surface area contributed by atoms with E-state index in [-0.39, 0.29) is 24.0 Å². The number of ether oxygens (including phenoxy) is 2. The van der Waals surface area contributed by atoms with E-state index in [1.165, 1.54) is 0 Å². The van der Waals surface area contributed by atoms with E-state index in [2.05, 4.69) is 35.2 Å². The maximum Gasteiger partial charge on any atom is 0.164 e. The maximum absolute atomic E-state index is 9.03. The van der Waals surface area contributed by atoms with Gasteiger partial charge in [-0.3, -0.25) is 0 Å². The lowest BCUT2D eigenvalue weighted by molar-refractivity contribution is 0.405. The monoisotopic (exact) mass is 559 g/mol. The Morgan fingerprint density at radius 2 is 1.31 bits per heavy atom. The first-order valence-electron chi connectivity index (χ1n) is 9.79. The number of benzene rings is 3. The molecule has 5 nitrogen and oxygen atoms in total. The quantitative estimate of drug-likeness (QED) is 0.195. The van der Waals surface area contributed by atoms with Crippen molar-refractivity contribution in [3.63, 3.8) is 0 Å². The zero-order valence-corrected chi connectivity index (χ0v) is 21.5. The van der Waals surface area contributed by atoms with Gasteiger partial charge in [-0.2, -0.15) is 5.26 Å². The third kappa shape index (κ3) is 7.18. The molecule has 3 rings (SSSR count). The Morgan fingerprint density at radius 1 is 0.844 bits per heavy atom. The van der Waals surface area contributed by atoms with Crippen molar-refractivity contribution in [2.75, 3.05) is 20.5 Å². The van der Waals surface area contributed by atoms with E-state index in [9.17, 15) is 0 Å². The summed E-state index contributed by atoms with van der Waals surface area (Å²) in [7, 11) is 3.34. The molecule has 3 aromatic rings. The van der Waals surface area contributed by atoms with Gasteiger partial charge in [0.05, 0.1) is 31.5 Å². The number of rotatable bonds is 7. The van der Waals surface area contributed by atoms with Crippen LogP contribution in [0.15, 0.2) is 77.8 Å². The van der Waals surface area contributed by atoms with E-state index in [1.807, 2.05) is 42.7 Å². The van der Waals surface area contributed by atoms with Crippen LogP contribution < -0.4 is 9.47 Å². The minimum atomic E-state index is 0. The molecular formula is C25H26IN3O2S. The van der Waals surface area contributed by atoms with Gasteiger partial charge in [0.15, 0.2) is 5.17 Å². The fourth-order valence-electron chi connectivity index (χ4n) is 3.06. The van der Waals surface area contributed by atoms with Gasteiger partial charge in [0, 0.05) is 13.1 Å². The number of aliphatic imine (C=N–C) groups is 1. The molecule has 0 unspecified atom stereocenters. The molecule has 0 fully saturated rings. The zero-order chi connectivity index (χ0) is 22.1. The smallest absolute Gasteiger partial charge is 0.164 e. The molecule has 0 aliphatic heterocycles. The number of hydrogen-bond donors (Lipinski definition) is 0. The highest BCUT2D eigenvalue weighted by atomic mass is 127. The van der Waals surface area contributed by atoms with Crippen LogP contribution in [0.4, 0.5) is 5.69 Å². The highest BCUT2D eigenvalue weighted by Crippen LogP contribution is 2.22. The molecular weight excluding hydrogens is 533 g/mol. The van der Waals surface area contributed by atoms with Crippen molar-refractivity contribution < 1.29 is 9.47 Å². The first kappa shape index (κ1) is 25.6. The van der Waals surface area contributed by atoms with Crippen LogP contribution in [0, 0.1) is 11.3 Å². The number of amidine groups is 1. The average Bonchev–Trinajstić information content (AvgIpc) is 2.83. The second-order valence-corrected chi connectivity index (χ2v) is 7.58. The number of halogens is 1. The van der Waals surface area contributed by atoms with E-state index >= 15 is 0 Å². The molecule has 166 valence electrons. The standard InChI is InChI=1S/C25H25N3O2S.HI/c1-29-23-12-6-20(7-13-23)17-28(18-21-8-14-24(30-2)15-9-21)25(31-3)27-22-10-4-19(16-26)5-11-22;/h4-15H,17-18H2,1-3H3;1H. The second-order valence-electron chi connectivity index (χ2n) is 6.81. The number of hydrogen-bond acceptors (Lipinski definition) is 5. The molecule has 0 atom stereocenters. The number of nitrogens with zero attached hydrogens (tertiary/aromatic N) is 3. The van der Waals surface area contributed by atoms with Crippen LogP contribution in [-0.4, -0.2) is 30.5 Å². The third-order valence-electron chi connectivity index (χ3n) is 4.74. The largest absolute Gasteiger partial charge is 0.497 e. The lowest BCUT2D eigenvalue weighted by Gasteiger charge is -2.25. The highest BCUT2D eigenvalue weighted by Gasteiger charge is 2.13. The van der Waals surface area contributed by atoms with Gasteiger partial charge in [0.1, 0.15) is 11.5 Å². The molecule has 0 bridgehead atoms. The van der Waals surface area contributed by atoms with E-state index in [4.69, 9.17) is 19.7 Å². The van der Waals surface area contributed by atoms with E-state index in [0.717, 1.165) is 33.5 Å². The number of methoxy groups -OCH3 is 2. The summed E-state index contributed by atoms with van der Waals surface area (Å²) >= 11 is 1.60. The van der Waals surface area contributed by atoms with Gasteiger partial charge in [-0.25, -0.2) is 4.99 Å². The summed E-state index contributed by atoms with van der Waals surface area (Å²) < 4.78 is 10.6. The second kappa shape index (κ2) is 13.0. The predicted molar refractivity (Wildman–Crippen MR) is 142 cm³/mol. The fraction of sp³-hybridized carbons (Fsp3) is 0.200. The van der Waals surface area contributed by atoms with Crippen molar-refractivity contribution in [1.82, 2.24) is 4.90 Å². The fourth-order valence-corrected chi connectivity index (χ4v) is 3.64. The zero-order valence-electron chi connectivity index (χ0n) is 18.3. The van der Waals surface area contributed by atoms with Crippen LogP contribution in [0.1, 0.15) is 16.7 Å². The molecule has 0 amide bonds. The van der Waals surface area contributed by atoms with Gasteiger partial charge in [-0.1, -0.05) is 36.0 Å². The van der Waals surface area contributed by atoms with Gasteiger partial charge >= 0.3 is 0 Å². The van der Waals surface area contributed by atoms with Crippen molar-refractivity contribution in [2.45, 2.75) is 13.1 Å².